The van der Waals surface area contributed by atoms with Gasteiger partial charge in [-0.05, 0) is 129 Å². The highest BCUT2D eigenvalue weighted by molar-refractivity contribution is 7.13. The molecule has 10 heterocycles. The summed E-state index contributed by atoms with van der Waals surface area (Å²) in [6, 6.07) is 19.3. The Morgan fingerprint density at radius 1 is 0.878 bits per heavy atom. The highest BCUT2D eigenvalue weighted by atomic mass is 32.1. The Hall–Kier alpha value is -6.80. The van der Waals surface area contributed by atoms with Crippen LogP contribution in [0.2, 0.25) is 0 Å². The van der Waals surface area contributed by atoms with E-state index in [-0.39, 0.29) is 53.7 Å². The zero-order valence-corrected chi connectivity index (χ0v) is 48.4. The number of aryl methyl sites for hydroxylation is 2. The molecule has 6 saturated heterocycles. The van der Waals surface area contributed by atoms with Crippen LogP contribution < -0.4 is 25.3 Å². The van der Waals surface area contributed by atoms with Crippen molar-refractivity contribution in [1.29, 1.82) is 0 Å². The number of amides is 2. The fraction of sp³-hybridized carbons (Fsp3) is 0.508. The van der Waals surface area contributed by atoms with Gasteiger partial charge in [0.15, 0.2) is 17.4 Å². The molecule has 4 aromatic heterocycles. The van der Waals surface area contributed by atoms with Crippen molar-refractivity contribution in [2.24, 2.45) is 17.8 Å². The number of nitrogens with zero attached hydrogens (tertiary/aromatic N) is 10. The van der Waals surface area contributed by atoms with Gasteiger partial charge in [0.25, 0.3) is 0 Å². The molecule has 13 rings (SSSR count). The summed E-state index contributed by atoms with van der Waals surface area (Å²) in [5, 5.41) is 35.4. The van der Waals surface area contributed by atoms with E-state index in [1.54, 1.807) is 29.7 Å². The molecular formula is C63H75FN12O5S. The number of carbonyl (C=O) groups excluding carboxylic acids is 2. The number of phenols is 1. The third kappa shape index (κ3) is 10.4. The van der Waals surface area contributed by atoms with Crippen LogP contribution in [0.15, 0.2) is 76.9 Å². The van der Waals surface area contributed by atoms with E-state index in [2.05, 4.69) is 53.4 Å². The minimum absolute atomic E-state index is 0.0668. The van der Waals surface area contributed by atoms with Crippen LogP contribution in [-0.2, 0) is 16.0 Å². The Morgan fingerprint density at radius 2 is 1.66 bits per heavy atom. The van der Waals surface area contributed by atoms with Crippen molar-refractivity contribution >= 4 is 62.4 Å². The van der Waals surface area contributed by atoms with Gasteiger partial charge in [-0.25, -0.2) is 14.4 Å². The molecule has 2 bridgehead atoms. The Balaban J connectivity index is 0.626. The second kappa shape index (κ2) is 22.4. The Kier molecular flexibility index (Phi) is 14.9. The van der Waals surface area contributed by atoms with Crippen molar-refractivity contribution < 1.29 is 28.7 Å². The number of phenolic OH excluding ortho intramolecular Hbond substituents is 1. The van der Waals surface area contributed by atoms with E-state index in [1.807, 2.05) is 75.7 Å². The highest BCUT2D eigenvalue weighted by Crippen LogP contribution is 2.41. The van der Waals surface area contributed by atoms with Crippen LogP contribution >= 0.6 is 11.3 Å². The van der Waals surface area contributed by atoms with E-state index < -0.39 is 23.9 Å². The molecule has 0 radical (unpaired) electrons. The maximum absolute atomic E-state index is 17.4. The number of β-amino-alcohol motifs (C(OH)–C–C–N with tert-alkyl or cyclic N) is 1. The molecule has 6 fully saturated rings. The zero-order valence-electron chi connectivity index (χ0n) is 47.6. The molecule has 0 spiro atoms. The molecular weight excluding hydrogens is 1060 g/mol. The van der Waals surface area contributed by atoms with E-state index in [9.17, 15) is 19.8 Å². The maximum Gasteiger partial charge on any atom is 0.243 e. The summed E-state index contributed by atoms with van der Waals surface area (Å²) in [6.45, 7) is 17.0. The summed E-state index contributed by atoms with van der Waals surface area (Å²) >= 11 is 1.60. The number of aliphatic hydroxyl groups is 1. The van der Waals surface area contributed by atoms with Crippen LogP contribution in [0.4, 0.5) is 22.0 Å². The van der Waals surface area contributed by atoms with Crippen LogP contribution in [0.5, 0.6) is 5.75 Å². The lowest BCUT2D eigenvalue weighted by molar-refractivity contribution is -0.141. The third-order valence-electron chi connectivity index (χ3n) is 18.8. The number of fused-ring (bicyclic) bond motifs is 4. The first kappa shape index (κ1) is 54.4. The second-order valence-corrected chi connectivity index (χ2v) is 25.5. The number of rotatable bonds is 15. The molecule has 7 aromatic rings. The number of piperazine rings is 1. The fourth-order valence-electron chi connectivity index (χ4n) is 14.4. The van der Waals surface area contributed by atoms with Gasteiger partial charge in [0, 0.05) is 88.2 Å². The van der Waals surface area contributed by atoms with E-state index >= 15 is 4.39 Å². The van der Waals surface area contributed by atoms with Gasteiger partial charge in [0.05, 0.1) is 33.6 Å². The number of aliphatic hydroxyl groups excluding tert-OH is 1. The summed E-state index contributed by atoms with van der Waals surface area (Å²) in [4.78, 5) is 59.9. The highest BCUT2D eigenvalue weighted by Gasteiger charge is 2.45. The van der Waals surface area contributed by atoms with E-state index in [1.165, 1.54) is 4.90 Å². The summed E-state index contributed by atoms with van der Waals surface area (Å²) in [5.41, 5.74) is 6.92. The third-order valence-corrected chi connectivity index (χ3v) is 19.8. The predicted octanol–water partition coefficient (Wildman–Crippen LogP) is 9.01. The van der Waals surface area contributed by atoms with E-state index in [4.69, 9.17) is 19.5 Å². The van der Waals surface area contributed by atoms with Crippen LogP contribution in [0, 0.1) is 30.5 Å². The summed E-state index contributed by atoms with van der Waals surface area (Å²) < 4.78 is 23.4. The van der Waals surface area contributed by atoms with Crippen molar-refractivity contribution in [1.82, 2.24) is 45.5 Å². The average molecular weight is 1130 g/mol. The van der Waals surface area contributed by atoms with Gasteiger partial charge in [0.1, 0.15) is 34.7 Å². The number of likely N-dealkylation sites (tertiary alicyclic amines) is 2. The quantitative estimate of drug-likeness (QED) is 0.0760. The fourth-order valence-corrected chi connectivity index (χ4v) is 15.2. The van der Waals surface area contributed by atoms with Gasteiger partial charge in [-0.3, -0.25) is 19.5 Å². The van der Waals surface area contributed by atoms with Crippen molar-refractivity contribution in [3.05, 3.63) is 101 Å². The first-order valence-electron chi connectivity index (χ1n) is 29.9. The molecule has 3 aromatic carbocycles. The first-order chi connectivity index (χ1) is 39.7. The Bertz CT molecular complexity index is 3490. The summed E-state index contributed by atoms with van der Waals surface area (Å²) in [5.74, 6) is 1.90. The minimum Gasteiger partial charge on any atom is -0.508 e. The Labute approximate surface area is 482 Å². The topological polar surface area (TPSA) is 192 Å². The molecule has 6 aliphatic rings. The second-order valence-electron chi connectivity index (χ2n) is 24.6. The lowest BCUT2D eigenvalue weighted by Gasteiger charge is -2.43. The number of benzene rings is 3. The lowest BCUT2D eigenvalue weighted by atomic mass is 9.83. The normalized spacial score (nSPS) is 23.4. The number of piperidine rings is 1. The van der Waals surface area contributed by atoms with E-state index in [0.29, 0.717) is 52.6 Å². The number of nitrogens with one attached hydrogen (secondary N) is 2. The smallest absolute Gasteiger partial charge is 0.243 e. The molecule has 0 saturated carbocycles. The molecule has 6 aliphatic heterocycles. The molecule has 4 N–H and O–H groups in total. The average Bonchev–Trinajstić information content (AvgIpc) is 4.47. The number of carbonyl (C=O) groups is 2. The number of hydrogen-bond acceptors (Lipinski definition) is 16. The molecule has 17 nitrogen and oxygen atoms in total. The monoisotopic (exact) mass is 1130 g/mol. The Morgan fingerprint density at radius 3 is 2.39 bits per heavy atom. The van der Waals surface area contributed by atoms with Crippen LogP contribution in [0.3, 0.4) is 0 Å². The summed E-state index contributed by atoms with van der Waals surface area (Å²) in [7, 11) is 0. The minimum atomic E-state index is -0.812. The number of anilines is 3. The standard InChI is InChI=1S/C63H75FN12O5S/c1-6-40-8-7-9-43-23-47(77)24-49(55(40)43)57-56(64)58-50(27-65-57)60(75-30-44-14-15-45(31-75)68-44)70-63(69-58)73-21-18-46(32-73)72-19-16-38(17-20-72)22-39-28-74(29-39)53-26-52(81-71-53)54(35(2)3)62(80)76-33-48(78)25-51(76)61(79)67-36(4)41-10-12-42(13-11-41)59-37(5)66-34-82-59/h7-13,23-24,26-27,34-36,38-39,44-46,48,51,54,68,77-78H,6,14-22,25,28-33H2,1-5H3,(H,67,79)/t36-,44?,45?,46-,48+,51-,54+/m0/s1. The predicted molar refractivity (Wildman–Crippen MR) is 318 cm³/mol. The van der Waals surface area contributed by atoms with Gasteiger partial charge in [0.2, 0.25) is 17.8 Å². The maximum atomic E-state index is 17.4. The van der Waals surface area contributed by atoms with Crippen LogP contribution in [0.1, 0.15) is 107 Å². The van der Waals surface area contributed by atoms with Gasteiger partial charge < -0.3 is 45.0 Å². The van der Waals surface area contributed by atoms with Gasteiger partial charge in [-0.1, -0.05) is 68.4 Å². The number of hydrogen-bond donors (Lipinski definition) is 4. The number of aromatic hydroxyl groups is 1. The first-order valence-corrected chi connectivity index (χ1v) is 30.7. The molecule has 7 atom stereocenters. The number of pyridine rings is 1. The molecule has 19 heteroatoms. The molecule has 82 heavy (non-hydrogen) atoms. The van der Waals surface area contributed by atoms with Crippen LogP contribution in [0.25, 0.3) is 43.4 Å². The van der Waals surface area contributed by atoms with Crippen LogP contribution in [-0.4, -0.2) is 146 Å². The largest absolute Gasteiger partial charge is 0.508 e. The van der Waals surface area contributed by atoms with Gasteiger partial charge >= 0.3 is 0 Å². The molecule has 0 aliphatic carbocycles. The number of thiazole rings is 1. The summed E-state index contributed by atoms with van der Waals surface area (Å²) in [6.07, 6.45) is 8.48. The van der Waals surface area contributed by atoms with E-state index in [0.717, 1.165) is 147 Å². The van der Waals surface area contributed by atoms with Gasteiger partial charge in [-0.2, -0.15) is 4.98 Å². The molecule has 2 unspecified atom stereocenters. The van der Waals surface area contributed by atoms with Crippen molar-refractivity contribution in [2.75, 3.05) is 73.6 Å². The SMILES string of the molecule is CCc1cccc2cc(O)cc(-c3ncc4c(N5CC6CCC(C5)N6)nc(N5CC[C@H](N6CCC(CC7CN(c8cc([C@H](C(=O)N9C[C@H](O)C[C@H]9C(=O)N[C@@H](C)c9ccc(-c%10scnc%10C)cc9)C(C)C)on8)C7)CC6)C5)nc4c3F)c12. The van der Waals surface area contributed by atoms with Crippen molar-refractivity contribution in [3.8, 4) is 27.4 Å². The lowest BCUT2D eigenvalue weighted by Crippen LogP contribution is -2.51. The molecule has 2 amide bonds. The van der Waals surface area contributed by atoms with Gasteiger partial charge in [-0.15, -0.1) is 11.3 Å². The van der Waals surface area contributed by atoms with Crippen molar-refractivity contribution in [2.45, 2.75) is 128 Å². The zero-order chi connectivity index (χ0) is 56.5. The van der Waals surface area contributed by atoms with Crippen molar-refractivity contribution in [3.63, 3.8) is 0 Å². The number of halogens is 1. The number of aromatic nitrogens is 5. The molecule has 430 valence electrons.